The molecule has 2 N–H and O–H groups in total. The first-order valence-corrected chi connectivity index (χ1v) is 6.78. The molecular weight excluding hydrogens is 274 g/mol. The average molecular weight is 287 g/mol. The Kier molecular flexibility index (Phi) is 3.72. The monoisotopic (exact) mass is 287 g/mol. The van der Waals surface area contributed by atoms with Crippen LogP contribution in [0.25, 0.3) is 0 Å². The fraction of sp³-hybridized carbons (Fsp3) is 0.214. The standard InChI is InChI=1S/C14H13N3O2S/c1-14(2,12(18)19)11-8-20-13(17-11)16-10-5-3-4-9(6-10)7-15/h3-6,8H,1-2H3,(H,16,17)(H,18,19). The van der Waals surface area contributed by atoms with E-state index in [-0.39, 0.29) is 0 Å². The summed E-state index contributed by atoms with van der Waals surface area (Å²) in [6.07, 6.45) is 0. The fourth-order valence-electron chi connectivity index (χ4n) is 1.52. The van der Waals surface area contributed by atoms with E-state index in [9.17, 15) is 9.90 Å². The number of hydrogen-bond donors (Lipinski definition) is 2. The summed E-state index contributed by atoms with van der Waals surface area (Å²) >= 11 is 1.33. The highest BCUT2D eigenvalue weighted by molar-refractivity contribution is 7.13. The molecule has 0 aliphatic heterocycles. The van der Waals surface area contributed by atoms with Crippen molar-refractivity contribution >= 4 is 28.1 Å². The van der Waals surface area contributed by atoms with Gasteiger partial charge < -0.3 is 10.4 Å². The third-order valence-corrected chi connectivity index (χ3v) is 3.68. The molecule has 6 heteroatoms. The maximum absolute atomic E-state index is 11.2. The largest absolute Gasteiger partial charge is 0.481 e. The molecule has 2 aromatic rings. The molecule has 2 rings (SSSR count). The molecule has 0 bridgehead atoms. The van der Waals surface area contributed by atoms with Gasteiger partial charge in [0.2, 0.25) is 0 Å². The third-order valence-electron chi connectivity index (χ3n) is 2.92. The summed E-state index contributed by atoms with van der Waals surface area (Å²) in [5.74, 6) is -0.916. The SMILES string of the molecule is CC(C)(C(=O)O)c1csc(Nc2cccc(C#N)c2)n1. The van der Waals surface area contributed by atoms with E-state index in [0.29, 0.717) is 16.4 Å². The van der Waals surface area contributed by atoms with Crippen LogP contribution < -0.4 is 5.32 Å². The zero-order valence-electron chi connectivity index (χ0n) is 11.0. The number of hydrogen-bond acceptors (Lipinski definition) is 5. The van der Waals surface area contributed by atoms with Crippen LogP contribution in [-0.2, 0) is 10.2 Å². The van der Waals surface area contributed by atoms with Crippen LogP contribution in [0.15, 0.2) is 29.6 Å². The molecule has 0 aliphatic carbocycles. The molecule has 0 amide bonds. The first kappa shape index (κ1) is 14.0. The number of carboxylic acids is 1. The molecule has 5 nitrogen and oxygen atoms in total. The van der Waals surface area contributed by atoms with Crippen LogP contribution in [0.2, 0.25) is 0 Å². The van der Waals surface area contributed by atoms with E-state index >= 15 is 0 Å². The van der Waals surface area contributed by atoms with Crippen molar-refractivity contribution in [3.05, 3.63) is 40.9 Å². The molecule has 0 saturated heterocycles. The lowest BCUT2D eigenvalue weighted by atomic mass is 9.90. The van der Waals surface area contributed by atoms with Crippen molar-refractivity contribution < 1.29 is 9.90 Å². The Hall–Kier alpha value is -2.39. The van der Waals surface area contributed by atoms with Crippen molar-refractivity contribution in [1.29, 1.82) is 5.26 Å². The first-order valence-electron chi connectivity index (χ1n) is 5.90. The zero-order chi connectivity index (χ0) is 14.8. The van der Waals surface area contributed by atoms with Gasteiger partial charge in [0.05, 0.1) is 17.3 Å². The van der Waals surface area contributed by atoms with Crippen molar-refractivity contribution in [2.45, 2.75) is 19.3 Å². The number of nitrogens with zero attached hydrogens (tertiary/aromatic N) is 2. The number of carboxylic acid groups (broad SMARTS) is 1. The summed E-state index contributed by atoms with van der Waals surface area (Å²) < 4.78 is 0. The van der Waals surface area contributed by atoms with Gasteiger partial charge in [-0.05, 0) is 32.0 Å². The smallest absolute Gasteiger partial charge is 0.315 e. The number of aliphatic carboxylic acids is 1. The number of anilines is 2. The van der Waals surface area contributed by atoms with E-state index in [1.54, 1.807) is 37.4 Å². The van der Waals surface area contributed by atoms with Crippen LogP contribution in [0.1, 0.15) is 25.1 Å². The highest BCUT2D eigenvalue weighted by Crippen LogP contribution is 2.29. The highest BCUT2D eigenvalue weighted by atomic mass is 32.1. The van der Waals surface area contributed by atoms with Crippen molar-refractivity contribution in [2.24, 2.45) is 0 Å². The molecule has 1 aromatic carbocycles. The minimum atomic E-state index is -1.02. The average Bonchev–Trinajstić information content (AvgIpc) is 2.88. The van der Waals surface area contributed by atoms with Crippen molar-refractivity contribution in [2.75, 3.05) is 5.32 Å². The Morgan fingerprint density at radius 3 is 2.90 bits per heavy atom. The second kappa shape index (κ2) is 5.31. The molecule has 0 radical (unpaired) electrons. The van der Waals surface area contributed by atoms with Gasteiger partial charge in [0.25, 0.3) is 0 Å². The van der Waals surface area contributed by atoms with Gasteiger partial charge in [-0.3, -0.25) is 4.79 Å². The van der Waals surface area contributed by atoms with Crippen molar-refractivity contribution in [1.82, 2.24) is 4.98 Å². The normalized spacial score (nSPS) is 10.8. The van der Waals surface area contributed by atoms with Gasteiger partial charge >= 0.3 is 5.97 Å². The summed E-state index contributed by atoms with van der Waals surface area (Å²) in [4.78, 5) is 15.5. The number of nitriles is 1. The summed E-state index contributed by atoms with van der Waals surface area (Å²) in [6, 6.07) is 9.09. The van der Waals surface area contributed by atoms with Crippen LogP contribution in [-0.4, -0.2) is 16.1 Å². The molecule has 0 saturated carbocycles. The van der Waals surface area contributed by atoms with E-state index in [1.807, 2.05) is 6.07 Å². The fourth-order valence-corrected chi connectivity index (χ4v) is 2.42. The predicted molar refractivity (Wildman–Crippen MR) is 77.2 cm³/mol. The van der Waals surface area contributed by atoms with Crippen LogP contribution in [0.4, 0.5) is 10.8 Å². The lowest BCUT2D eigenvalue weighted by Crippen LogP contribution is -2.28. The quantitative estimate of drug-likeness (QED) is 0.902. The minimum Gasteiger partial charge on any atom is -0.481 e. The maximum Gasteiger partial charge on any atom is 0.315 e. The van der Waals surface area contributed by atoms with Crippen LogP contribution in [0, 0.1) is 11.3 Å². The number of benzene rings is 1. The topological polar surface area (TPSA) is 86.0 Å². The second-order valence-corrected chi connectivity index (χ2v) is 5.64. The van der Waals surface area contributed by atoms with E-state index in [4.69, 9.17) is 5.26 Å². The molecule has 1 aromatic heterocycles. The Bertz CT molecular complexity index is 686. The van der Waals surface area contributed by atoms with Crippen LogP contribution in [0.3, 0.4) is 0 Å². The van der Waals surface area contributed by atoms with Crippen LogP contribution in [0.5, 0.6) is 0 Å². The van der Waals surface area contributed by atoms with Gasteiger partial charge in [0.1, 0.15) is 5.41 Å². The molecule has 0 atom stereocenters. The summed E-state index contributed by atoms with van der Waals surface area (Å²) in [7, 11) is 0. The van der Waals surface area contributed by atoms with Gasteiger partial charge in [-0.25, -0.2) is 4.98 Å². The zero-order valence-corrected chi connectivity index (χ0v) is 11.9. The number of nitrogens with one attached hydrogen (secondary N) is 1. The van der Waals surface area contributed by atoms with Gasteiger partial charge in [-0.2, -0.15) is 5.26 Å². The van der Waals surface area contributed by atoms with E-state index in [2.05, 4.69) is 16.4 Å². The van der Waals surface area contributed by atoms with E-state index in [0.717, 1.165) is 5.69 Å². The molecular formula is C14H13N3O2S. The van der Waals surface area contributed by atoms with Gasteiger partial charge in [-0.15, -0.1) is 11.3 Å². The Balaban J connectivity index is 2.22. The van der Waals surface area contributed by atoms with E-state index < -0.39 is 11.4 Å². The lowest BCUT2D eigenvalue weighted by Gasteiger charge is -2.15. The van der Waals surface area contributed by atoms with Crippen LogP contribution >= 0.6 is 11.3 Å². The molecule has 0 unspecified atom stereocenters. The van der Waals surface area contributed by atoms with Gasteiger partial charge in [-0.1, -0.05) is 6.07 Å². The molecule has 0 fully saturated rings. The van der Waals surface area contributed by atoms with Gasteiger partial charge in [0, 0.05) is 11.1 Å². The third kappa shape index (κ3) is 2.78. The molecule has 102 valence electrons. The van der Waals surface area contributed by atoms with Gasteiger partial charge in [0.15, 0.2) is 5.13 Å². The highest BCUT2D eigenvalue weighted by Gasteiger charge is 2.32. The van der Waals surface area contributed by atoms with E-state index in [1.165, 1.54) is 11.3 Å². The Morgan fingerprint density at radius 2 is 2.25 bits per heavy atom. The lowest BCUT2D eigenvalue weighted by molar-refractivity contribution is -0.142. The predicted octanol–water partition coefficient (Wildman–Crippen LogP) is 3.12. The number of rotatable bonds is 4. The molecule has 1 heterocycles. The second-order valence-electron chi connectivity index (χ2n) is 4.79. The Labute approximate surface area is 120 Å². The molecule has 20 heavy (non-hydrogen) atoms. The molecule has 0 aliphatic rings. The summed E-state index contributed by atoms with van der Waals surface area (Å²) in [6.45, 7) is 3.23. The summed E-state index contributed by atoms with van der Waals surface area (Å²) in [5, 5.41) is 23.4. The molecule has 0 spiro atoms. The first-order chi connectivity index (χ1) is 9.43. The maximum atomic E-state index is 11.2. The summed E-state index contributed by atoms with van der Waals surface area (Å²) in [5.41, 5.74) is 0.787. The number of carbonyl (C=O) groups is 1. The minimum absolute atomic E-state index is 0.508. The van der Waals surface area contributed by atoms with Crippen molar-refractivity contribution in [3.63, 3.8) is 0 Å². The van der Waals surface area contributed by atoms with Crippen molar-refractivity contribution in [3.8, 4) is 6.07 Å². The Morgan fingerprint density at radius 1 is 1.50 bits per heavy atom. The number of aromatic nitrogens is 1. The number of thiazole rings is 1.